The molecule has 9 N–H and O–H groups in total. The van der Waals surface area contributed by atoms with Gasteiger partial charge in [-0.3, -0.25) is 13.8 Å². The van der Waals surface area contributed by atoms with Gasteiger partial charge in [-0.1, -0.05) is 102 Å². The summed E-state index contributed by atoms with van der Waals surface area (Å²) >= 11 is 0. The van der Waals surface area contributed by atoms with E-state index in [4.69, 9.17) is 9.05 Å². The second kappa shape index (κ2) is 25.5. The van der Waals surface area contributed by atoms with Crippen LogP contribution in [0.5, 0.6) is 0 Å². The van der Waals surface area contributed by atoms with E-state index in [0.29, 0.717) is 19.3 Å². The fourth-order valence-electron chi connectivity index (χ4n) is 5.22. The lowest BCUT2D eigenvalue weighted by molar-refractivity contribution is -0.220. The number of hydrogen-bond donors (Lipinski definition) is 9. The van der Waals surface area contributed by atoms with Crippen LogP contribution >= 0.6 is 7.82 Å². The smallest absolute Gasteiger partial charge is 0.393 e. The molecule has 0 heterocycles. The summed E-state index contributed by atoms with van der Waals surface area (Å²) in [6, 6.07) is -1.26. The Kier molecular flexibility index (Phi) is 23.6. The summed E-state index contributed by atoms with van der Waals surface area (Å²) in [6.07, 6.45) is 10.2. The standard InChI is InChI=1S/C34H62NO12P/c1-3-5-7-9-11-12-13-14-16-18-20-22-27(37)26(35-28(38)23-25(36)21-19-17-15-10-8-6-4-2)24-46-48(44,45)47-34-32(42)30(40)29(39)31(41)33(34)43/h7,9,13-14,20,22,25-27,29-34,36-37,39-43H,3-6,8,10-12,15-19,21,23-24H2,1-2H3,(H,35,38)(H,44,45)/b9-7+,14-13+,22-20+. The van der Waals surface area contributed by atoms with Crippen molar-refractivity contribution in [2.75, 3.05) is 6.61 Å². The van der Waals surface area contributed by atoms with Gasteiger partial charge in [-0.25, -0.2) is 4.57 Å². The number of aliphatic hydroxyl groups excluding tert-OH is 7. The van der Waals surface area contributed by atoms with Gasteiger partial charge in [0.25, 0.3) is 0 Å². The molecule has 1 aliphatic rings. The summed E-state index contributed by atoms with van der Waals surface area (Å²) in [4.78, 5) is 23.1. The maximum atomic E-state index is 12.8. The number of allylic oxidation sites excluding steroid dienone is 5. The van der Waals surface area contributed by atoms with E-state index in [-0.39, 0.29) is 6.42 Å². The van der Waals surface area contributed by atoms with Crippen LogP contribution in [0.3, 0.4) is 0 Å². The van der Waals surface area contributed by atoms with Gasteiger partial charge in [0.05, 0.1) is 31.3 Å². The predicted octanol–water partition coefficient (Wildman–Crippen LogP) is 3.07. The molecule has 1 fully saturated rings. The number of hydrogen-bond acceptors (Lipinski definition) is 11. The summed E-state index contributed by atoms with van der Waals surface area (Å²) in [5.41, 5.74) is 0. The zero-order chi connectivity index (χ0) is 36.0. The molecule has 0 aromatic carbocycles. The SMILES string of the molecule is CCC/C=C/CC/C=C/CC/C=C/C(O)C(COP(=O)(O)OC1C(O)C(O)C(O)C(O)C1O)NC(=O)CC(O)CCCCCCCCC. The minimum absolute atomic E-state index is 0.257. The first-order chi connectivity index (χ1) is 22.8. The Morgan fingerprint density at radius 1 is 0.729 bits per heavy atom. The lowest BCUT2D eigenvalue weighted by Gasteiger charge is -2.41. The minimum atomic E-state index is -5.13. The molecule has 13 nitrogen and oxygen atoms in total. The second-order valence-electron chi connectivity index (χ2n) is 12.5. The van der Waals surface area contributed by atoms with Gasteiger partial charge in [-0.05, 0) is 38.5 Å². The van der Waals surface area contributed by atoms with Crippen LogP contribution in [0.1, 0.15) is 110 Å². The highest BCUT2D eigenvalue weighted by Crippen LogP contribution is 2.47. The van der Waals surface area contributed by atoms with Crippen molar-refractivity contribution in [3.63, 3.8) is 0 Å². The van der Waals surface area contributed by atoms with E-state index in [0.717, 1.165) is 57.8 Å². The Labute approximate surface area is 286 Å². The first-order valence-electron chi connectivity index (χ1n) is 17.5. The van der Waals surface area contributed by atoms with Crippen molar-refractivity contribution in [1.29, 1.82) is 0 Å². The molecule has 48 heavy (non-hydrogen) atoms. The average Bonchev–Trinajstić information content (AvgIpc) is 3.05. The number of carbonyl (C=O) groups excluding carboxylic acids is 1. The fraction of sp³-hybridized carbons (Fsp3) is 0.794. The molecule has 14 heteroatoms. The van der Waals surface area contributed by atoms with Gasteiger partial charge in [0.15, 0.2) is 0 Å². The molecule has 0 saturated heterocycles. The molecule has 1 aliphatic carbocycles. The number of carbonyl (C=O) groups is 1. The van der Waals surface area contributed by atoms with Gasteiger partial charge in [-0.15, -0.1) is 0 Å². The fourth-order valence-corrected chi connectivity index (χ4v) is 6.18. The van der Waals surface area contributed by atoms with Crippen LogP contribution in [-0.2, 0) is 18.4 Å². The first kappa shape index (κ1) is 44.5. The van der Waals surface area contributed by atoms with Crippen LogP contribution in [0, 0.1) is 0 Å². The molecule has 1 amide bonds. The van der Waals surface area contributed by atoms with Crippen LogP contribution in [0.2, 0.25) is 0 Å². The Balaban J connectivity index is 2.77. The van der Waals surface area contributed by atoms with Crippen molar-refractivity contribution in [3.05, 3.63) is 36.5 Å². The number of phosphoric acid groups is 1. The molecule has 0 radical (unpaired) electrons. The predicted molar refractivity (Wildman–Crippen MR) is 183 cm³/mol. The minimum Gasteiger partial charge on any atom is -0.393 e. The van der Waals surface area contributed by atoms with Crippen LogP contribution in [0.4, 0.5) is 0 Å². The van der Waals surface area contributed by atoms with Crippen molar-refractivity contribution in [2.24, 2.45) is 0 Å². The Hall–Kier alpha value is -1.48. The lowest BCUT2D eigenvalue weighted by Crippen LogP contribution is -2.64. The van der Waals surface area contributed by atoms with Gasteiger partial charge < -0.3 is 46.0 Å². The lowest BCUT2D eigenvalue weighted by atomic mass is 9.85. The highest BCUT2D eigenvalue weighted by Gasteiger charge is 2.51. The average molecular weight is 708 g/mol. The van der Waals surface area contributed by atoms with Gasteiger partial charge in [0.2, 0.25) is 5.91 Å². The maximum absolute atomic E-state index is 12.8. The van der Waals surface area contributed by atoms with E-state index in [1.807, 2.05) is 6.08 Å². The van der Waals surface area contributed by atoms with E-state index in [9.17, 15) is 50.0 Å². The van der Waals surface area contributed by atoms with Crippen molar-refractivity contribution >= 4 is 13.7 Å². The number of amides is 1. The molecular formula is C34H62NO12P. The molecule has 0 spiro atoms. The third-order valence-electron chi connectivity index (χ3n) is 8.19. The molecular weight excluding hydrogens is 645 g/mol. The molecule has 0 aromatic rings. The number of aliphatic hydroxyl groups is 7. The zero-order valence-electron chi connectivity index (χ0n) is 28.6. The maximum Gasteiger partial charge on any atom is 0.472 e. The molecule has 1 saturated carbocycles. The third-order valence-corrected chi connectivity index (χ3v) is 9.17. The Bertz CT molecular complexity index is 979. The van der Waals surface area contributed by atoms with Gasteiger partial charge in [0, 0.05) is 0 Å². The summed E-state index contributed by atoms with van der Waals surface area (Å²) < 4.78 is 22.6. The van der Waals surface area contributed by atoms with E-state index in [1.54, 1.807) is 6.08 Å². The van der Waals surface area contributed by atoms with Crippen molar-refractivity contribution in [1.82, 2.24) is 5.32 Å². The molecule has 0 bridgehead atoms. The quantitative estimate of drug-likeness (QED) is 0.0359. The molecule has 0 aliphatic heterocycles. The van der Waals surface area contributed by atoms with Gasteiger partial charge >= 0.3 is 7.82 Å². The molecule has 1 rings (SSSR count). The van der Waals surface area contributed by atoms with Crippen molar-refractivity contribution < 1.29 is 59.0 Å². The number of rotatable bonds is 26. The Morgan fingerprint density at radius 3 is 1.79 bits per heavy atom. The van der Waals surface area contributed by atoms with Crippen LogP contribution in [-0.4, -0.2) is 108 Å². The highest BCUT2D eigenvalue weighted by atomic mass is 31.2. The first-order valence-corrected chi connectivity index (χ1v) is 19.0. The second-order valence-corrected chi connectivity index (χ2v) is 13.9. The van der Waals surface area contributed by atoms with Crippen LogP contribution in [0.25, 0.3) is 0 Å². The van der Waals surface area contributed by atoms with E-state index >= 15 is 0 Å². The summed E-state index contributed by atoms with van der Waals surface area (Å²) in [7, 11) is -5.13. The monoisotopic (exact) mass is 707 g/mol. The molecule has 8 unspecified atom stereocenters. The van der Waals surface area contributed by atoms with Crippen LogP contribution < -0.4 is 5.32 Å². The summed E-state index contributed by atoms with van der Waals surface area (Å²) in [5.74, 6) is -0.616. The van der Waals surface area contributed by atoms with Crippen molar-refractivity contribution in [2.45, 2.75) is 165 Å². The largest absolute Gasteiger partial charge is 0.472 e. The van der Waals surface area contributed by atoms with Gasteiger partial charge in [-0.2, -0.15) is 0 Å². The normalized spacial score (nSPS) is 26.6. The van der Waals surface area contributed by atoms with Crippen molar-refractivity contribution in [3.8, 4) is 0 Å². The molecule has 0 aromatic heterocycles. The zero-order valence-corrected chi connectivity index (χ0v) is 29.5. The Morgan fingerprint density at radius 2 is 1.23 bits per heavy atom. The van der Waals surface area contributed by atoms with Crippen LogP contribution in [0.15, 0.2) is 36.5 Å². The topological polar surface area (TPSA) is 226 Å². The number of unbranched alkanes of at least 4 members (excludes halogenated alkanes) is 9. The summed E-state index contributed by atoms with van der Waals surface area (Å²) in [5, 5.41) is 73.6. The van der Waals surface area contributed by atoms with E-state index < -0.39 is 75.2 Å². The van der Waals surface area contributed by atoms with Gasteiger partial charge in [0.1, 0.15) is 36.6 Å². The van der Waals surface area contributed by atoms with E-state index in [1.165, 1.54) is 18.9 Å². The third kappa shape index (κ3) is 18.5. The molecule has 8 atom stereocenters. The summed E-state index contributed by atoms with van der Waals surface area (Å²) in [6.45, 7) is 3.53. The molecule has 280 valence electrons. The highest BCUT2D eigenvalue weighted by molar-refractivity contribution is 7.47. The number of nitrogens with one attached hydrogen (secondary N) is 1. The number of phosphoric ester groups is 1. The van der Waals surface area contributed by atoms with E-state index in [2.05, 4.69) is 37.4 Å².